The first kappa shape index (κ1) is 14.8. The van der Waals surface area contributed by atoms with E-state index in [-0.39, 0.29) is 17.1 Å². The molecule has 0 aromatic heterocycles. The summed E-state index contributed by atoms with van der Waals surface area (Å²) in [6.07, 6.45) is 1.77. The summed E-state index contributed by atoms with van der Waals surface area (Å²) in [5, 5.41) is 4.26. The molecule has 0 unspecified atom stereocenters. The lowest BCUT2D eigenvalue weighted by molar-refractivity contribution is 0.0990. The zero-order valence-corrected chi connectivity index (χ0v) is 13.9. The molecule has 2 heteroatoms. The summed E-state index contributed by atoms with van der Waals surface area (Å²) in [5.41, 5.74) is 2.15. The highest BCUT2D eigenvalue weighted by molar-refractivity contribution is 6.41. The molecule has 26 heavy (non-hydrogen) atoms. The molecule has 5 rings (SSSR count). The lowest BCUT2D eigenvalue weighted by Gasteiger charge is -2.09. The fraction of sp³-hybridized carbons (Fsp3) is 0. The summed E-state index contributed by atoms with van der Waals surface area (Å²) in [6.45, 7) is 0. The Morgan fingerprint density at radius 2 is 1.04 bits per heavy atom. The van der Waals surface area contributed by atoms with Gasteiger partial charge in [0.2, 0.25) is 0 Å². The number of carbonyl (C=O) groups excluding carboxylic acids is 2. The van der Waals surface area contributed by atoms with E-state index in [1.807, 2.05) is 36.4 Å². The number of carbonyl (C=O) groups is 2. The van der Waals surface area contributed by atoms with Crippen LogP contribution in [0.15, 0.2) is 84.4 Å². The van der Waals surface area contributed by atoms with Gasteiger partial charge < -0.3 is 0 Å². The van der Waals surface area contributed by atoms with Gasteiger partial charge in [0.15, 0.2) is 11.6 Å². The van der Waals surface area contributed by atoms with Crippen molar-refractivity contribution in [1.29, 1.82) is 0 Å². The third-order valence-electron chi connectivity index (χ3n) is 5.01. The number of benzene rings is 4. The lowest BCUT2D eigenvalue weighted by Crippen LogP contribution is -2.00. The van der Waals surface area contributed by atoms with Gasteiger partial charge in [0.1, 0.15) is 0 Å². The van der Waals surface area contributed by atoms with E-state index < -0.39 is 0 Å². The predicted octanol–water partition coefficient (Wildman–Crippen LogP) is 5.46. The number of hydrogen-bond donors (Lipinski definition) is 0. The van der Waals surface area contributed by atoms with Crippen LogP contribution in [0.2, 0.25) is 0 Å². The molecule has 0 saturated carbocycles. The Labute approximate surface area is 150 Å². The van der Waals surface area contributed by atoms with Crippen LogP contribution in [0, 0.1) is 0 Å². The summed E-state index contributed by atoms with van der Waals surface area (Å²) in [4.78, 5) is 25.6. The Balaban J connectivity index is 1.84. The highest BCUT2D eigenvalue weighted by atomic mass is 16.2. The Hall–Kier alpha value is -3.52. The number of rotatable bonds is 1. The van der Waals surface area contributed by atoms with Crippen LogP contribution in [0.1, 0.15) is 26.3 Å². The molecule has 0 fully saturated rings. The topological polar surface area (TPSA) is 34.1 Å². The Morgan fingerprint density at radius 1 is 0.577 bits per heavy atom. The first-order chi connectivity index (χ1) is 12.7. The van der Waals surface area contributed by atoms with Crippen LogP contribution in [0.4, 0.5) is 0 Å². The number of hydrogen-bond acceptors (Lipinski definition) is 2. The van der Waals surface area contributed by atoms with E-state index in [2.05, 4.69) is 18.2 Å². The van der Waals surface area contributed by atoms with E-state index in [0.717, 1.165) is 27.1 Å². The van der Waals surface area contributed by atoms with Crippen LogP contribution in [-0.4, -0.2) is 11.6 Å². The van der Waals surface area contributed by atoms with E-state index in [0.29, 0.717) is 11.1 Å². The first-order valence-corrected chi connectivity index (χ1v) is 8.54. The molecule has 122 valence electrons. The van der Waals surface area contributed by atoms with Crippen LogP contribution in [-0.2, 0) is 0 Å². The standard InChI is InChI=1S/C24H14O2/c25-23-19-11-5-6-12-20(19)24(26)22(23)14-21-17-9-3-1-7-15(17)13-16-8-2-4-10-18(16)21/h1-14H. The highest BCUT2D eigenvalue weighted by Gasteiger charge is 2.32. The van der Waals surface area contributed by atoms with Gasteiger partial charge in [-0.25, -0.2) is 0 Å². The minimum atomic E-state index is -0.192. The summed E-state index contributed by atoms with van der Waals surface area (Å²) < 4.78 is 0. The Kier molecular flexibility index (Phi) is 3.13. The van der Waals surface area contributed by atoms with Gasteiger partial charge in [0.25, 0.3) is 0 Å². The van der Waals surface area contributed by atoms with Crippen molar-refractivity contribution in [3.8, 4) is 0 Å². The van der Waals surface area contributed by atoms with E-state index in [1.54, 1.807) is 30.3 Å². The van der Waals surface area contributed by atoms with Crippen LogP contribution in [0.5, 0.6) is 0 Å². The zero-order chi connectivity index (χ0) is 17.7. The normalized spacial score (nSPS) is 13.5. The molecule has 0 saturated heterocycles. The van der Waals surface area contributed by atoms with Crippen molar-refractivity contribution in [2.45, 2.75) is 0 Å². The van der Waals surface area contributed by atoms with Crippen LogP contribution in [0.25, 0.3) is 27.6 Å². The molecule has 1 aliphatic rings. The van der Waals surface area contributed by atoms with Crippen LogP contribution in [0.3, 0.4) is 0 Å². The Bertz CT molecular complexity index is 1170. The molecule has 2 nitrogen and oxygen atoms in total. The van der Waals surface area contributed by atoms with Crippen molar-refractivity contribution in [1.82, 2.24) is 0 Å². The minimum Gasteiger partial charge on any atom is -0.288 e. The highest BCUT2D eigenvalue weighted by Crippen LogP contribution is 2.33. The SMILES string of the molecule is O=C1C(=Cc2c3ccccc3cc3ccccc23)C(=O)c2ccccc21. The maximum atomic E-state index is 12.8. The third-order valence-corrected chi connectivity index (χ3v) is 5.01. The van der Waals surface area contributed by atoms with Gasteiger partial charge in [-0.3, -0.25) is 9.59 Å². The molecule has 4 aromatic carbocycles. The second-order valence-electron chi connectivity index (χ2n) is 6.49. The molecule has 0 heterocycles. The largest absolute Gasteiger partial charge is 0.288 e. The van der Waals surface area contributed by atoms with Gasteiger partial charge in [-0.2, -0.15) is 0 Å². The van der Waals surface area contributed by atoms with Gasteiger partial charge in [0.05, 0.1) is 5.57 Å². The average molecular weight is 334 g/mol. The minimum absolute atomic E-state index is 0.192. The van der Waals surface area contributed by atoms with Crippen molar-refractivity contribution in [2.75, 3.05) is 0 Å². The molecule has 1 aliphatic carbocycles. The second kappa shape index (κ2) is 5.50. The van der Waals surface area contributed by atoms with E-state index in [4.69, 9.17) is 0 Å². The van der Waals surface area contributed by atoms with Gasteiger partial charge in [-0.05, 0) is 39.3 Å². The summed E-state index contributed by atoms with van der Waals surface area (Å²) in [6, 6.07) is 25.3. The first-order valence-electron chi connectivity index (χ1n) is 8.54. The molecule has 0 atom stereocenters. The van der Waals surface area contributed by atoms with E-state index in [1.165, 1.54) is 0 Å². The van der Waals surface area contributed by atoms with Gasteiger partial charge in [0, 0.05) is 11.1 Å². The number of allylic oxidation sites excluding steroid dienone is 1. The molecule has 0 radical (unpaired) electrons. The lowest BCUT2D eigenvalue weighted by atomic mass is 9.94. The second-order valence-corrected chi connectivity index (χ2v) is 6.49. The zero-order valence-electron chi connectivity index (χ0n) is 13.9. The fourth-order valence-electron chi connectivity index (χ4n) is 3.75. The molecule has 0 amide bonds. The fourth-order valence-corrected chi connectivity index (χ4v) is 3.75. The molecule has 0 aliphatic heterocycles. The summed E-state index contributed by atoms with van der Waals surface area (Å²) in [5.74, 6) is -0.384. The molecular formula is C24H14O2. The predicted molar refractivity (Wildman–Crippen MR) is 105 cm³/mol. The third kappa shape index (κ3) is 2.06. The maximum Gasteiger partial charge on any atom is 0.197 e. The van der Waals surface area contributed by atoms with Crippen molar-refractivity contribution in [2.24, 2.45) is 0 Å². The summed E-state index contributed by atoms with van der Waals surface area (Å²) >= 11 is 0. The Morgan fingerprint density at radius 3 is 1.58 bits per heavy atom. The quantitative estimate of drug-likeness (QED) is 0.263. The van der Waals surface area contributed by atoms with Gasteiger partial charge >= 0.3 is 0 Å². The molecule has 0 N–H and O–H groups in total. The number of Topliss-reactive ketones (excluding diaryl/α,β-unsaturated/α-hetero) is 2. The maximum absolute atomic E-state index is 12.8. The monoisotopic (exact) mass is 334 g/mol. The van der Waals surface area contributed by atoms with E-state index in [9.17, 15) is 9.59 Å². The number of ketones is 2. The van der Waals surface area contributed by atoms with Crippen molar-refractivity contribution < 1.29 is 9.59 Å². The number of fused-ring (bicyclic) bond motifs is 3. The molecule has 4 aromatic rings. The molecule has 0 spiro atoms. The average Bonchev–Trinajstić information content (AvgIpc) is 2.93. The van der Waals surface area contributed by atoms with Crippen molar-refractivity contribution >= 4 is 39.2 Å². The van der Waals surface area contributed by atoms with Crippen LogP contribution >= 0.6 is 0 Å². The van der Waals surface area contributed by atoms with Crippen molar-refractivity contribution in [3.63, 3.8) is 0 Å². The van der Waals surface area contributed by atoms with Gasteiger partial charge in [-0.1, -0.05) is 72.8 Å². The van der Waals surface area contributed by atoms with Crippen LogP contribution < -0.4 is 0 Å². The summed E-state index contributed by atoms with van der Waals surface area (Å²) in [7, 11) is 0. The van der Waals surface area contributed by atoms with E-state index >= 15 is 0 Å². The van der Waals surface area contributed by atoms with Crippen molar-refractivity contribution in [3.05, 3.63) is 101 Å². The molecule has 0 bridgehead atoms. The smallest absolute Gasteiger partial charge is 0.197 e. The van der Waals surface area contributed by atoms with Gasteiger partial charge in [-0.15, -0.1) is 0 Å². The molecular weight excluding hydrogens is 320 g/mol.